The van der Waals surface area contributed by atoms with Gasteiger partial charge in [0.1, 0.15) is 17.1 Å². The summed E-state index contributed by atoms with van der Waals surface area (Å²) in [6.45, 7) is 2.51. The molecule has 140 valence electrons. The Morgan fingerprint density at radius 1 is 1.26 bits per heavy atom. The number of benzene rings is 2. The van der Waals surface area contributed by atoms with E-state index in [1.807, 2.05) is 25.1 Å². The van der Waals surface area contributed by atoms with E-state index in [-0.39, 0.29) is 23.0 Å². The molecule has 0 aliphatic rings. The first-order chi connectivity index (χ1) is 13.0. The summed E-state index contributed by atoms with van der Waals surface area (Å²) in [4.78, 5) is 27.6. The molecule has 0 aliphatic heterocycles. The Labute approximate surface area is 163 Å². The smallest absolute Gasteiger partial charge is 0.339 e. The van der Waals surface area contributed by atoms with Gasteiger partial charge in [-0.05, 0) is 43.3 Å². The maximum absolute atomic E-state index is 12.1. The second-order valence-corrected chi connectivity index (χ2v) is 7.67. The van der Waals surface area contributed by atoms with E-state index in [1.165, 1.54) is 41.3 Å². The quantitative estimate of drug-likeness (QED) is 0.406. The van der Waals surface area contributed by atoms with Gasteiger partial charge >= 0.3 is 5.97 Å². The van der Waals surface area contributed by atoms with E-state index in [2.05, 4.69) is 10.3 Å². The van der Waals surface area contributed by atoms with Crippen LogP contribution in [0.2, 0.25) is 0 Å². The fourth-order valence-electron chi connectivity index (χ4n) is 2.31. The average Bonchev–Trinajstić information content (AvgIpc) is 3.04. The Morgan fingerprint density at radius 2 is 2.07 bits per heavy atom. The van der Waals surface area contributed by atoms with Crippen LogP contribution in [0, 0.1) is 0 Å². The van der Waals surface area contributed by atoms with E-state index in [9.17, 15) is 14.7 Å². The van der Waals surface area contributed by atoms with Crippen LogP contribution < -0.4 is 10.1 Å². The van der Waals surface area contributed by atoms with E-state index in [1.54, 1.807) is 0 Å². The number of anilines is 1. The minimum absolute atomic E-state index is 0.126. The number of aromatic hydroxyl groups is 1. The summed E-state index contributed by atoms with van der Waals surface area (Å²) in [7, 11) is 0. The molecule has 1 heterocycles. The van der Waals surface area contributed by atoms with E-state index < -0.39 is 5.97 Å². The maximum atomic E-state index is 12.1. The van der Waals surface area contributed by atoms with Gasteiger partial charge in [-0.2, -0.15) is 0 Å². The van der Waals surface area contributed by atoms with Gasteiger partial charge in [0.2, 0.25) is 5.91 Å². The van der Waals surface area contributed by atoms with Crippen LogP contribution in [0.25, 0.3) is 10.2 Å². The van der Waals surface area contributed by atoms with E-state index in [0.29, 0.717) is 12.3 Å². The van der Waals surface area contributed by atoms with Crippen molar-refractivity contribution in [1.29, 1.82) is 0 Å². The third kappa shape index (κ3) is 4.69. The van der Waals surface area contributed by atoms with Crippen molar-refractivity contribution < 1.29 is 24.5 Å². The molecule has 0 aliphatic carbocycles. The van der Waals surface area contributed by atoms with Gasteiger partial charge in [-0.25, -0.2) is 9.78 Å². The number of thiazole rings is 1. The number of aromatic carboxylic acids is 1. The number of nitrogens with zero attached hydrogens (tertiary/aromatic N) is 1. The monoisotopic (exact) mass is 404 g/mol. The van der Waals surface area contributed by atoms with Gasteiger partial charge in [-0.1, -0.05) is 11.8 Å². The van der Waals surface area contributed by atoms with Gasteiger partial charge in [0, 0.05) is 5.69 Å². The Hall–Kier alpha value is -2.78. The first kappa shape index (κ1) is 19.0. The number of amides is 1. The number of rotatable bonds is 7. The summed E-state index contributed by atoms with van der Waals surface area (Å²) in [5.41, 5.74) is 0.884. The number of fused-ring (bicyclic) bond motifs is 1. The number of carbonyl (C=O) groups is 2. The molecular weight excluding hydrogens is 388 g/mol. The van der Waals surface area contributed by atoms with Gasteiger partial charge in [0.15, 0.2) is 4.34 Å². The van der Waals surface area contributed by atoms with Crippen LogP contribution in [-0.2, 0) is 4.79 Å². The average molecular weight is 404 g/mol. The van der Waals surface area contributed by atoms with E-state index >= 15 is 0 Å². The molecule has 0 fully saturated rings. The van der Waals surface area contributed by atoms with Crippen LogP contribution >= 0.6 is 23.1 Å². The Balaban J connectivity index is 1.63. The minimum Gasteiger partial charge on any atom is -0.507 e. The fourth-order valence-corrected chi connectivity index (χ4v) is 4.21. The summed E-state index contributed by atoms with van der Waals surface area (Å²) in [6, 6.07) is 9.55. The first-order valence-corrected chi connectivity index (χ1v) is 9.79. The highest BCUT2D eigenvalue weighted by Crippen LogP contribution is 2.32. The predicted octanol–water partition coefficient (Wildman–Crippen LogP) is 3.83. The fraction of sp³-hybridized carbons (Fsp3) is 0.167. The van der Waals surface area contributed by atoms with E-state index in [4.69, 9.17) is 9.84 Å². The van der Waals surface area contributed by atoms with Crippen LogP contribution in [0.4, 0.5) is 5.69 Å². The lowest BCUT2D eigenvalue weighted by Crippen LogP contribution is -2.14. The molecule has 2 aromatic carbocycles. The first-order valence-electron chi connectivity index (χ1n) is 7.98. The Morgan fingerprint density at radius 3 is 2.81 bits per heavy atom. The van der Waals surface area contributed by atoms with Gasteiger partial charge in [-0.3, -0.25) is 4.79 Å². The summed E-state index contributed by atoms with van der Waals surface area (Å²) in [5.74, 6) is -1.00. The lowest BCUT2D eigenvalue weighted by atomic mass is 10.2. The molecule has 1 aromatic heterocycles. The topological polar surface area (TPSA) is 109 Å². The van der Waals surface area contributed by atoms with Crippen LogP contribution in [-0.4, -0.2) is 39.4 Å². The molecule has 0 spiro atoms. The Bertz CT molecular complexity index is 1000. The summed E-state index contributed by atoms with van der Waals surface area (Å²) >= 11 is 2.77. The van der Waals surface area contributed by atoms with Crippen LogP contribution in [0.15, 0.2) is 40.7 Å². The molecule has 7 nitrogen and oxygen atoms in total. The number of thioether (sulfide) groups is 1. The molecule has 0 radical (unpaired) electrons. The summed E-state index contributed by atoms with van der Waals surface area (Å²) < 4.78 is 7.21. The molecular formula is C18H16N2O5S2. The number of hydrogen-bond donors (Lipinski definition) is 3. The van der Waals surface area contributed by atoms with Crippen LogP contribution in [0.3, 0.4) is 0 Å². The molecule has 3 N–H and O–H groups in total. The molecule has 0 saturated heterocycles. The van der Waals surface area contributed by atoms with Crippen molar-refractivity contribution in [2.24, 2.45) is 0 Å². The highest BCUT2D eigenvalue weighted by Gasteiger charge is 2.13. The number of ether oxygens (including phenoxy) is 1. The zero-order chi connectivity index (χ0) is 19.4. The molecule has 0 unspecified atom stereocenters. The maximum Gasteiger partial charge on any atom is 0.339 e. The van der Waals surface area contributed by atoms with Crippen molar-refractivity contribution in [2.45, 2.75) is 11.3 Å². The van der Waals surface area contributed by atoms with E-state index in [0.717, 1.165) is 20.3 Å². The van der Waals surface area contributed by atoms with Crippen molar-refractivity contribution >= 4 is 50.9 Å². The normalized spacial score (nSPS) is 10.7. The van der Waals surface area contributed by atoms with Crippen molar-refractivity contribution in [2.75, 3.05) is 17.7 Å². The number of phenols is 1. The highest BCUT2D eigenvalue weighted by atomic mass is 32.2. The largest absolute Gasteiger partial charge is 0.507 e. The molecule has 1 amide bonds. The van der Waals surface area contributed by atoms with Gasteiger partial charge < -0.3 is 20.3 Å². The molecule has 3 aromatic rings. The van der Waals surface area contributed by atoms with Crippen molar-refractivity contribution in [3.05, 3.63) is 42.0 Å². The molecule has 0 saturated carbocycles. The molecule has 0 bridgehead atoms. The third-order valence-corrected chi connectivity index (χ3v) is 5.65. The number of aromatic nitrogens is 1. The van der Waals surface area contributed by atoms with Crippen molar-refractivity contribution in [1.82, 2.24) is 4.98 Å². The zero-order valence-electron chi connectivity index (χ0n) is 14.3. The number of carboxylic acids is 1. The standard InChI is InChI=1S/C18H16N2O5S2/c1-2-25-11-4-5-13-15(8-11)27-18(20-13)26-9-16(22)19-10-3-6-14(21)12(7-10)17(23)24/h3-8,21H,2,9H2,1H3,(H,19,22)(H,23,24). The van der Waals surface area contributed by atoms with Crippen molar-refractivity contribution in [3.8, 4) is 11.5 Å². The predicted molar refractivity (Wildman–Crippen MR) is 105 cm³/mol. The summed E-state index contributed by atoms with van der Waals surface area (Å²) in [6.07, 6.45) is 0. The van der Waals surface area contributed by atoms with Gasteiger partial charge in [0.05, 0.1) is 22.6 Å². The lowest BCUT2D eigenvalue weighted by molar-refractivity contribution is -0.113. The van der Waals surface area contributed by atoms with Crippen LogP contribution in [0.5, 0.6) is 11.5 Å². The number of carbonyl (C=O) groups excluding carboxylic acids is 1. The minimum atomic E-state index is -1.26. The third-order valence-electron chi connectivity index (χ3n) is 3.49. The second-order valence-electron chi connectivity index (χ2n) is 5.42. The highest BCUT2D eigenvalue weighted by molar-refractivity contribution is 8.01. The SMILES string of the molecule is CCOc1ccc2nc(SCC(=O)Nc3ccc(O)c(C(=O)O)c3)sc2c1. The number of hydrogen-bond acceptors (Lipinski definition) is 7. The van der Waals surface area contributed by atoms with Gasteiger partial charge in [-0.15, -0.1) is 11.3 Å². The van der Waals surface area contributed by atoms with Crippen LogP contribution in [0.1, 0.15) is 17.3 Å². The molecule has 3 rings (SSSR count). The summed E-state index contributed by atoms with van der Waals surface area (Å²) in [5, 5.41) is 21.1. The number of nitrogens with one attached hydrogen (secondary N) is 1. The van der Waals surface area contributed by atoms with Gasteiger partial charge in [0.25, 0.3) is 0 Å². The number of carboxylic acid groups (broad SMARTS) is 1. The second kappa shape index (κ2) is 8.28. The molecule has 27 heavy (non-hydrogen) atoms. The Kier molecular flexibility index (Phi) is 5.82. The van der Waals surface area contributed by atoms with Crippen molar-refractivity contribution in [3.63, 3.8) is 0 Å². The lowest BCUT2D eigenvalue weighted by Gasteiger charge is -2.06. The molecule has 9 heteroatoms. The zero-order valence-corrected chi connectivity index (χ0v) is 15.9. The molecule has 0 atom stereocenters.